The molecular formula is C29H44N2O11S2. The van der Waals surface area contributed by atoms with Gasteiger partial charge in [-0.15, -0.1) is 0 Å². The quantitative estimate of drug-likeness (QED) is 0.149. The van der Waals surface area contributed by atoms with Crippen molar-refractivity contribution < 1.29 is 53.1 Å². The number of hydrogen-bond acceptors (Lipinski definition) is 12. The summed E-state index contributed by atoms with van der Waals surface area (Å²) < 4.78 is 18.8. The number of amides is 1. The number of nitrogens with two attached hydrogens (primary N) is 1. The first-order valence-electron chi connectivity index (χ1n) is 13.3. The van der Waals surface area contributed by atoms with Crippen molar-refractivity contribution in [3.63, 3.8) is 0 Å². The smallest absolute Gasteiger partial charge is 0.481 e. The molecule has 0 aliphatic rings. The van der Waals surface area contributed by atoms with Crippen molar-refractivity contribution in [3.05, 3.63) is 44.8 Å². The lowest BCUT2D eigenvalue weighted by atomic mass is 10.0. The number of carboxylic acids is 2. The van der Waals surface area contributed by atoms with Crippen LogP contribution in [0.3, 0.4) is 0 Å². The molecule has 1 amide bonds. The molecule has 2 rings (SSSR count). The molecule has 2 aromatic heterocycles. The number of carboxylic acid groups (broad SMARTS) is 2. The predicted molar refractivity (Wildman–Crippen MR) is 166 cm³/mol. The summed E-state index contributed by atoms with van der Waals surface area (Å²) in [4.78, 5) is 55.1. The van der Waals surface area contributed by atoms with Gasteiger partial charge in [-0.1, -0.05) is 0 Å². The van der Waals surface area contributed by atoms with Crippen LogP contribution < -0.4 is 11.1 Å². The van der Waals surface area contributed by atoms with Crippen LogP contribution in [0.15, 0.2) is 33.7 Å². The number of alkyl carbamates (subject to hydrolysis) is 1. The van der Waals surface area contributed by atoms with Crippen LogP contribution in [0.25, 0.3) is 0 Å². The van der Waals surface area contributed by atoms with E-state index in [-0.39, 0.29) is 13.1 Å². The van der Waals surface area contributed by atoms with Gasteiger partial charge < -0.3 is 40.2 Å². The zero-order valence-corrected chi connectivity index (χ0v) is 28.1. The van der Waals surface area contributed by atoms with Gasteiger partial charge in [-0.2, -0.15) is 22.7 Å². The molecule has 2 heterocycles. The molecule has 15 heteroatoms. The number of nitrogens with one attached hydrogen (secondary N) is 1. The first-order chi connectivity index (χ1) is 20.0. The fourth-order valence-corrected chi connectivity index (χ4v) is 4.21. The van der Waals surface area contributed by atoms with Gasteiger partial charge in [-0.25, -0.2) is 14.4 Å². The lowest BCUT2D eigenvalue weighted by Crippen LogP contribution is -2.36. The second kappa shape index (κ2) is 18.2. The van der Waals surface area contributed by atoms with Crippen LogP contribution in [-0.4, -0.2) is 70.4 Å². The summed E-state index contributed by atoms with van der Waals surface area (Å²) in [5, 5.41) is 27.5. The largest absolute Gasteiger partial charge is 0.519 e. The molecule has 5 N–H and O–H groups in total. The maximum Gasteiger partial charge on any atom is 0.519 e. The Labute approximate surface area is 265 Å². The molecule has 0 bridgehead atoms. The van der Waals surface area contributed by atoms with Gasteiger partial charge in [0.25, 0.3) is 0 Å². The molecule has 248 valence electrons. The maximum atomic E-state index is 11.4. The number of rotatable bonds is 7. The van der Waals surface area contributed by atoms with Crippen LogP contribution in [0, 0.1) is 0 Å². The Kier molecular flexibility index (Phi) is 16.7. The second-order valence-electron chi connectivity index (χ2n) is 12.0. The first kappa shape index (κ1) is 40.3. The normalized spacial score (nSPS) is 12.5. The average molecular weight is 661 g/mol. The van der Waals surface area contributed by atoms with Crippen molar-refractivity contribution in [2.45, 2.75) is 91.0 Å². The van der Waals surface area contributed by atoms with E-state index in [2.05, 4.69) is 10.1 Å². The first-order valence-corrected chi connectivity index (χ1v) is 15.2. The molecule has 0 fully saturated rings. The van der Waals surface area contributed by atoms with Crippen LogP contribution in [0.1, 0.15) is 85.3 Å². The number of thiophene rings is 2. The van der Waals surface area contributed by atoms with Gasteiger partial charge in [0.15, 0.2) is 0 Å². The summed E-state index contributed by atoms with van der Waals surface area (Å²) in [6.07, 6.45) is -2.72. The van der Waals surface area contributed by atoms with Gasteiger partial charge in [-0.05, 0) is 107 Å². The minimum absolute atomic E-state index is 0.0149. The molecule has 0 aliphatic heterocycles. The summed E-state index contributed by atoms with van der Waals surface area (Å²) in [5.74, 6) is -3.11. The van der Waals surface area contributed by atoms with E-state index in [0.717, 1.165) is 5.56 Å². The molecule has 0 spiro atoms. The third-order valence-electron chi connectivity index (χ3n) is 4.52. The van der Waals surface area contributed by atoms with Crippen molar-refractivity contribution >= 4 is 53.0 Å². The highest BCUT2D eigenvalue weighted by Gasteiger charge is 2.25. The van der Waals surface area contributed by atoms with Gasteiger partial charge in [0, 0.05) is 13.1 Å². The number of carbonyl (C=O) groups excluding carboxylic acids is 3. The zero-order chi connectivity index (χ0) is 34.3. The number of ether oxygens (including phenoxy) is 4. The fraction of sp³-hybridized carbons (Fsp3) is 0.552. The number of aliphatic carboxylic acids is 2. The standard InChI is InChI=1S/C12H17NO4S.C10H18O5.C7H9NO2S/c1-12(2,3)17-11(16)13-6-9(10(14)15)8-4-5-18-7-8;1-9(2,3)14-7(11)13-8(12)15-10(4,5)6;8-3-6(7(9)10)5-1-2-11-4-5/h4-5,7,9H,6H2,1-3H3,(H,13,16)(H,14,15);1-6H3;1-2,4,6H,3,8H2,(H,9,10). The zero-order valence-electron chi connectivity index (χ0n) is 26.5. The van der Waals surface area contributed by atoms with Crippen molar-refractivity contribution in [2.75, 3.05) is 13.1 Å². The van der Waals surface area contributed by atoms with E-state index < -0.39 is 59.0 Å². The monoisotopic (exact) mass is 660 g/mol. The summed E-state index contributed by atoms with van der Waals surface area (Å²) in [5.41, 5.74) is 4.79. The minimum Gasteiger partial charge on any atom is -0.481 e. The van der Waals surface area contributed by atoms with E-state index in [1.54, 1.807) is 85.2 Å². The van der Waals surface area contributed by atoms with E-state index in [0.29, 0.717) is 5.56 Å². The Morgan fingerprint density at radius 1 is 0.727 bits per heavy atom. The highest BCUT2D eigenvalue weighted by Crippen LogP contribution is 2.19. The molecule has 0 saturated carbocycles. The van der Waals surface area contributed by atoms with Crippen molar-refractivity contribution in [3.8, 4) is 0 Å². The van der Waals surface area contributed by atoms with Crippen LogP contribution in [0.4, 0.5) is 14.4 Å². The lowest BCUT2D eigenvalue weighted by Gasteiger charge is -2.20. The van der Waals surface area contributed by atoms with E-state index in [1.807, 2.05) is 10.8 Å². The molecule has 2 atom stereocenters. The Bertz CT molecular complexity index is 1150. The minimum atomic E-state index is -1.06. The molecule has 2 aromatic rings. The maximum absolute atomic E-state index is 11.4. The van der Waals surface area contributed by atoms with Crippen LogP contribution >= 0.6 is 22.7 Å². The summed E-state index contributed by atoms with van der Waals surface area (Å²) in [6, 6.07) is 3.52. The Hall–Kier alpha value is -3.69. The van der Waals surface area contributed by atoms with Gasteiger partial charge in [-0.3, -0.25) is 9.59 Å². The second-order valence-corrected chi connectivity index (χ2v) is 13.6. The van der Waals surface area contributed by atoms with Crippen LogP contribution in [-0.2, 0) is 28.5 Å². The topological polar surface area (TPSA) is 201 Å². The van der Waals surface area contributed by atoms with Crippen LogP contribution in [0.2, 0.25) is 0 Å². The molecule has 2 unspecified atom stereocenters. The number of hydrogen-bond donors (Lipinski definition) is 4. The Balaban J connectivity index is 0.000000649. The van der Waals surface area contributed by atoms with Crippen molar-refractivity contribution in [2.24, 2.45) is 5.73 Å². The highest BCUT2D eigenvalue weighted by atomic mass is 32.1. The van der Waals surface area contributed by atoms with E-state index in [4.69, 9.17) is 30.2 Å². The van der Waals surface area contributed by atoms with Gasteiger partial charge in [0.1, 0.15) is 16.8 Å². The molecule has 0 radical (unpaired) electrons. The SMILES string of the molecule is CC(C)(C)OC(=O)NCC(C(=O)O)c1ccsc1.CC(C)(C)OC(=O)OC(=O)OC(C)(C)C.NCC(C(=O)O)c1ccsc1. The predicted octanol–water partition coefficient (Wildman–Crippen LogP) is 6.19. The Morgan fingerprint density at radius 2 is 1.11 bits per heavy atom. The molecule has 44 heavy (non-hydrogen) atoms. The molecule has 13 nitrogen and oxygen atoms in total. The van der Waals surface area contributed by atoms with Gasteiger partial charge in [0.05, 0.1) is 11.8 Å². The Morgan fingerprint density at radius 3 is 1.41 bits per heavy atom. The molecule has 0 aromatic carbocycles. The van der Waals surface area contributed by atoms with Crippen molar-refractivity contribution in [1.82, 2.24) is 5.32 Å². The highest BCUT2D eigenvalue weighted by molar-refractivity contribution is 7.08. The molecule has 0 saturated heterocycles. The molecule has 0 aliphatic carbocycles. The van der Waals surface area contributed by atoms with E-state index >= 15 is 0 Å². The third-order valence-corrected chi connectivity index (χ3v) is 5.92. The number of carbonyl (C=O) groups is 5. The summed E-state index contributed by atoms with van der Waals surface area (Å²) in [7, 11) is 0. The van der Waals surface area contributed by atoms with Crippen LogP contribution in [0.5, 0.6) is 0 Å². The van der Waals surface area contributed by atoms with E-state index in [9.17, 15) is 24.0 Å². The molecular weight excluding hydrogens is 616 g/mol. The van der Waals surface area contributed by atoms with Gasteiger partial charge >= 0.3 is 30.3 Å². The lowest BCUT2D eigenvalue weighted by molar-refractivity contribution is -0.139. The van der Waals surface area contributed by atoms with Gasteiger partial charge in [0.2, 0.25) is 0 Å². The summed E-state index contributed by atoms with van der Waals surface area (Å²) >= 11 is 2.90. The van der Waals surface area contributed by atoms with Crippen molar-refractivity contribution in [1.29, 1.82) is 0 Å². The summed E-state index contributed by atoms with van der Waals surface area (Å²) in [6.45, 7) is 15.4. The third kappa shape index (κ3) is 19.5. The fourth-order valence-electron chi connectivity index (χ4n) is 2.78. The average Bonchev–Trinajstić information content (AvgIpc) is 3.51. The van der Waals surface area contributed by atoms with E-state index in [1.165, 1.54) is 22.7 Å².